The third-order valence-corrected chi connectivity index (χ3v) is 2.48. The molecule has 2 rings (SSSR count). The van der Waals surface area contributed by atoms with E-state index in [9.17, 15) is 4.79 Å². The highest BCUT2D eigenvalue weighted by atomic mass is 32.1. The highest BCUT2D eigenvalue weighted by Crippen LogP contribution is 2.06. The van der Waals surface area contributed by atoms with Gasteiger partial charge in [0.2, 0.25) is 0 Å². The largest absolute Gasteiger partial charge is 0.456 e. The summed E-state index contributed by atoms with van der Waals surface area (Å²) in [5.74, 6) is -0.316. The first-order valence-corrected chi connectivity index (χ1v) is 5.40. The molecule has 4 heteroatoms. The number of esters is 1. The number of carbonyl (C=O) groups excluding carboxylic acids is 1. The normalized spacial score (nSPS) is 9.87. The maximum absolute atomic E-state index is 11.5. The fourth-order valence-electron chi connectivity index (χ4n) is 1.11. The van der Waals surface area contributed by atoms with Crippen molar-refractivity contribution in [3.63, 3.8) is 0 Å². The second kappa shape index (κ2) is 4.70. The van der Waals surface area contributed by atoms with Crippen LogP contribution in [0.2, 0.25) is 0 Å². The molecule has 0 saturated heterocycles. The van der Waals surface area contributed by atoms with Crippen molar-refractivity contribution in [1.82, 2.24) is 4.98 Å². The second-order valence-electron chi connectivity index (χ2n) is 2.92. The van der Waals surface area contributed by atoms with Gasteiger partial charge < -0.3 is 4.74 Å². The Morgan fingerprint density at radius 1 is 1.33 bits per heavy atom. The van der Waals surface area contributed by atoms with E-state index in [-0.39, 0.29) is 12.6 Å². The molecule has 1 aromatic heterocycles. The highest BCUT2D eigenvalue weighted by Gasteiger charge is 2.06. The van der Waals surface area contributed by atoms with Crippen molar-refractivity contribution >= 4 is 17.3 Å². The molecule has 3 nitrogen and oxygen atoms in total. The Hall–Kier alpha value is -1.68. The molecule has 0 amide bonds. The summed E-state index contributed by atoms with van der Waals surface area (Å²) in [5.41, 5.74) is 3.06. The number of hydrogen-bond acceptors (Lipinski definition) is 4. The zero-order chi connectivity index (χ0) is 10.5. The molecule has 0 saturated carbocycles. The smallest absolute Gasteiger partial charge is 0.338 e. The number of hydrogen-bond donors (Lipinski definition) is 0. The predicted molar refractivity (Wildman–Crippen MR) is 57.7 cm³/mol. The molecule has 0 radical (unpaired) electrons. The molecular formula is C11H9NO2S. The van der Waals surface area contributed by atoms with Gasteiger partial charge in [0, 0.05) is 5.38 Å². The van der Waals surface area contributed by atoms with Crippen molar-refractivity contribution < 1.29 is 9.53 Å². The molecule has 1 heterocycles. The number of thiazole rings is 1. The number of nitrogens with zero attached hydrogens (tertiary/aromatic N) is 1. The fraction of sp³-hybridized carbons (Fsp3) is 0.0909. The molecule has 0 N–H and O–H groups in total. The van der Waals surface area contributed by atoms with Crippen LogP contribution in [0.4, 0.5) is 0 Å². The SMILES string of the molecule is O=C(OCc1cscn1)c1ccccc1. The van der Waals surface area contributed by atoms with E-state index in [1.54, 1.807) is 29.8 Å². The van der Waals surface area contributed by atoms with Crippen LogP contribution in [0.5, 0.6) is 0 Å². The summed E-state index contributed by atoms with van der Waals surface area (Å²) in [7, 11) is 0. The Kier molecular flexibility index (Phi) is 3.09. The minimum atomic E-state index is -0.316. The minimum Gasteiger partial charge on any atom is -0.456 e. The lowest BCUT2D eigenvalue weighted by atomic mass is 10.2. The molecule has 0 aliphatic heterocycles. The molecule has 0 aliphatic carbocycles. The van der Waals surface area contributed by atoms with Crippen LogP contribution in [0, 0.1) is 0 Å². The van der Waals surface area contributed by atoms with Crippen molar-refractivity contribution in [2.75, 3.05) is 0 Å². The lowest BCUT2D eigenvalue weighted by Gasteiger charge is -2.01. The molecule has 0 bridgehead atoms. The van der Waals surface area contributed by atoms with Gasteiger partial charge in [-0.25, -0.2) is 9.78 Å². The van der Waals surface area contributed by atoms with Crippen molar-refractivity contribution in [2.24, 2.45) is 0 Å². The number of aromatic nitrogens is 1. The van der Waals surface area contributed by atoms with E-state index in [0.717, 1.165) is 5.69 Å². The van der Waals surface area contributed by atoms with E-state index < -0.39 is 0 Å². The van der Waals surface area contributed by atoms with Crippen LogP contribution >= 0.6 is 11.3 Å². The Bertz CT molecular complexity index is 425. The van der Waals surface area contributed by atoms with Gasteiger partial charge in [0.15, 0.2) is 0 Å². The van der Waals surface area contributed by atoms with E-state index >= 15 is 0 Å². The van der Waals surface area contributed by atoms with E-state index in [0.29, 0.717) is 5.56 Å². The van der Waals surface area contributed by atoms with Gasteiger partial charge in [0.05, 0.1) is 16.8 Å². The van der Waals surface area contributed by atoms with Gasteiger partial charge in [-0.15, -0.1) is 11.3 Å². The Morgan fingerprint density at radius 2 is 2.13 bits per heavy atom. The van der Waals surface area contributed by atoms with Crippen LogP contribution in [-0.4, -0.2) is 11.0 Å². The maximum Gasteiger partial charge on any atom is 0.338 e. The summed E-state index contributed by atoms with van der Waals surface area (Å²) < 4.78 is 5.08. The molecule has 0 atom stereocenters. The monoisotopic (exact) mass is 219 g/mol. The summed E-state index contributed by atoms with van der Waals surface area (Å²) >= 11 is 1.48. The first kappa shape index (κ1) is 9.86. The van der Waals surface area contributed by atoms with Crippen LogP contribution < -0.4 is 0 Å². The second-order valence-corrected chi connectivity index (χ2v) is 3.64. The van der Waals surface area contributed by atoms with Gasteiger partial charge in [-0.05, 0) is 12.1 Å². The lowest BCUT2D eigenvalue weighted by molar-refractivity contribution is 0.0468. The summed E-state index contributed by atoms with van der Waals surface area (Å²) in [4.78, 5) is 15.5. The average molecular weight is 219 g/mol. The number of rotatable bonds is 3. The van der Waals surface area contributed by atoms with Gasteiger partial charge >= 0.3 is 5.97 Å². The van der Waals surface area contributed by atoms with E-state index in [2.05, 4.69) is 4.98 Å². The van der Waals surface area contributed by atoms with Crippen LogP contribution in [0.25, 0.3) is 0 Å². The molecule has 76 valence electrons. The van der Waals surface area contributed by atoms with Gasteiger partial charge in [-0.2, -0.15) is 0 Å². The molecule has 1 aromatic carbocycles. The molecule has 0 unspecified atom stereocenters. The molecule has 15 heavy (non-hydrogen) atoms. The topological polar surface area (TPSA) is 39.2 Å². The summed E-state index contributed by atoms with van der Waals surface area (Å²) in [6.07, 6.45) is 0. The number of ether oxygens (including phenoxy) is 1. The van der Waals surface area contributed by atoms with Crippen molar-refractivity contribution in [3.05, 3.63) is 52.5 Å². The molecule has 0 fully saturated rings. The Morgan fingerprint density at radius 3 is 2.80 bits per heavy atom. The third-order valence-electron chi connectivity index (χ3n) is 1.84. The lowest BCUT2D eigenvalue weighted by Crippen LogP contribution is -2.04. The Balaban J connectivity index is 1.94. The van der Waals surface area contributed by atoms with Gasteiger partial charge in [0.1, 0.15) is 6.61 Å². The quantitative estimate of drug-likeness (QED) is 0.744. The number of carbonyl (C=O) groups is 1. The van der Waals surface area contributed by atoms with Crippen molar-refractivity contribution in [1.29, 1.82) is 0 Å². The van der Waals surface area contributed by atoms with Crippen LogP contribution in [0.15, 0.2) is 41.2 Å². The van der Waals surface area contributed by atoms with Crippen molar-refractivity contribution in [2.45, 2.75) is 6.61 Å². The van der Waals surface area contributed by atoms with Crippen LogP contribution in [0.3, 0.4) is 0 Å². The zero-order valence-corrected chi connectivity index (χ0v) is 8.74. The third kappa shape index (κ3) is 2.63. The van der Waals surface area contributed by atoms with E-state index in [1.165, 1.54) is 11.3 Å². The van der Waals surface area contributed by atoms with Gasteiger partial charge in [0.25, 0.3) is 0 Å². The number of benzene rings is 1. The molecular weight excluding hydrogens is 210 g/mol. The zero-order valence-electron chi connectivity index (χ0n) is 7.92. The summed E-state index contributed by atoms with van der Waals surface area (Å²) in [6, 6.07) is 8.92. The molecule has 2 aromatic rings. The van der Waals surface area contributed by atoms with Crippen molar-refractivity contribution in [3.8, 4) is 0 Å². The van der Waals surface area contributed by atoms with E-state index in [4.69, 9.17) is 4.74 Å². The first-order valence-electron chi connectivity index (χ1n) is 4.45. The summed E-state index contributed by atoms with van der Waals surface area (Å²) in [5, 5.41) is 1.86. The van der Waals surface area contributed by atoms with Gasteiger partial charge in [-0.3, -0.25) is 0 Å². The minimum absolute atomic E-state index is 0.233. The highest BCUT2D eigenvalue weighted by molar-refractivity contribution is 7.07. The van der Waals surface area contributed by atoms with Gasteiger partial charge in [-0.1, -0.05) is 18.2 Å². The molecule has 0 aliphatic rings. The summed E-state index contributed by atoms with van der Waals surface area (Å²) in [6.45, 7) is 0.233. The molecule has 0 spiro atoms. The van der Waals surface area contributed by atoms with Crippen LogP contribution in [0.1, 0.15) is 16.1 Å². The van der Waals surface area contributed by atoms with E-state index in [1.807, 2.05) is 11.4 Å². The maximum atomic E-state index is 11.5. The average Bonchev–Trinajstić information content (AvgIpc) is 2.80. The predicted octanol–water partition coefficient (Wildman–Crippen LogP) is 2.50. The fourth-order valence-corrected chi connectivity index (χ4v) is 1.65. The Labute approximate surface area is 91.4 Å². The standard InChI is InChI=1S/C11H9NO2S/c13-11(9-4-2-1-3-5-9)14-6-10-7-15-8-12-10/h1-5,7-8H,6H2. The van der Waals surface area contributed by atoms with Crippen LogP contribution in [-0.2, 0) is 11.3 Å². The first-order chi connectivity index (χ1) is 7.36.